The van der Waals surface area contributed by atoms with Crippen molar-refractivity contribution in [3.05, 3.63) is 92.8 Å². The van der Waals surface area contributed by atoms with Gasteiger partial charge < -0.3 is 5.32 Å². The maximum atomic E-state index is 12.7. The van der Waals surface area contributed by atoms with E-state index in [2.05, 4.69) is 10.3 Å². The number of nitrogens with one attached hydrogen (secondary N) is 1. The predicted octanol–water partition coefficient (Wildman–Crippen LogP) is 2.62. The Bertz CT molecular complexity index is 1310. The van der Waals surface area contributed by atoms with Crippen LogP contribution in [0.1, 0.15) is 11.1 Å². The molecule has 0 unspecified atom stereocenters. The number of aromatic nitrogens is 3. The first kappa shape index (κ1) is 18.8. The molecule has 0 spiro atoms. The van der Waals surface area contributed by atoms with Gasteiger partial charge in [-0.2, -0.15) is 0 Å². The Morgan fingerprint density at radius 2 is 1.86 bits per heavy atom. The predicted molar refractivity (Wildman–Crippen MR) is 113 cm³/mol. The fourth-order valence-corrected chi connectivity index (χ4v) is 4.00. The van der Waals surface area contributed by atoms with E-state index in [1.54, 1.807) is 0 Å². The number of fused-ring (bicyclic) bond motifs is 1. The first-order valence-electron chi connectivity index (χ1n) is 9.01. The second kappa shape index (κ2) is 7.84. The summed E-state index contributed by atoms with van der Waals surface area (Å²) in [6.07, 6.45) is 1.45. The maximum Gasteiger partial charge on any atom is 0.331 e. The highest BCUT2D eigenvalue weighted by Crippen LogP contribution is 2.27. The van der Waals surface area contributed by atoms with Gasteiger partial charge in [-0.15, -0.1) is 0 Å². The van der Waals surface area contributed by atoms with Crippen LogP contribution >= 0.6 is 11.3 Å². The number of thiazole rings is 1. The summed E-state index contributed by atoms with van der Waals surface area (Å²) in [5.74, 6) is -0.474. The average molecular weight is 406 g/mol. The molecule has 8 heteroatoms. The molecule has 0 fully saturated rings. The lowest BCUT2D eigenvalue weighted by Gasteiger charge is -2.09. The summed E-state index contributed by atoms with van der Waals surface area (Å²) < 4.78 is 3.30. The molecule has 0 atom stereocenters. The van der Waals surface area contributed by atoms with E-state index in [-0.39, 0.29) is 6.54 Å². The zero-order chi connectivity index (χ0) is 20.4. The molecule has 2 aromatic heterocycles. The minimum atomic E-state index is -0.531. The summed E-state index contributed by atoms with van der Waals surface area (Å²) in [7, 11) is 0. The molecular weight excluding hydrogens is 388 g/mol. The van der Waals surface area contributed by atoms with Crippen LogP contribution in [0.3, 0.4) is 0 Å². The minimum absolute atomic E-state index is 0.318. The monoisotopic (exact) mass is 406 g/mol. The molecule has 4 aromatic rings. The fraction of sp³-hybridized carbons (Fsp3) is 0.143. The highest BCUT2D eigenvalue weighted by molar-refractivity contribution is 7.22. The topological polar surface area (TPSA) is 86.0 Å². The zero-order valence-electron chi connectivity index (χ0n) is 15.7. The molecule has 1 amide bonds. The Balaban J connectivity index is 1.55. The Morgan fingerprint density at radius 3 is 2.62 bits per heavy atom. The summed E-state index contributed by atoms with van der Waals surface area (Å²) in [5.41, 5.74) is 1.72. The van der Waals surface area contributed by atoms with E-state index in [1.807, 2.05) is 55.5 Å². The van der Waals surface area contributed by atoms with Gasteiger partial charge in [0.1, 0.15) is 6.54 Å². The number of aryl methyl sites for hydroxylation is 1. The average Bonchev–Trinajstić information content (AvgIpc) is 3.12. The highest BCUT2D eigenvalue weighted by Gasteiger charge is 2.13. The fourth-order valence-electron chi connectivity index (χ4n) is 3.04. The Kier molecular flexibility index (Phi) is 5.09. The molecule has 0 aliphatic carbocycles. The number of hydrogen-bond donors (Lipinski definition) is 1. The molecule has 0 saturated heterocycles. The largest absolute Gasteiger partial charge is 0.331 e. The normalized spacial score (nSPS) is 10.9. The molecule has 0 aliphatic rings. The number of rotatable bonds is 5. The molecule has 2 heterocycles. The van der Waals surface area contributed by atoms with Crippen molar-refractivity contribution >= 4 is 32.6 Å². The number of hydrogen-bond acceptors (Lipinski definition) is 5. The van der Waals surface area contributed by atoms with Crippen LogP contribution < -0.4 is 16.6 Å². The highest BCUT2D eigenvalue weighted by atomic mass is 32.1. The number of amides is 1. The van der Waals surface area contributed by atoms with E-state index in [4.69, 9.17) is 0 Å². The van der Waals surface area contributed by atoms with Gasteiger partial charge >= 0.3 is 5.69 Å². The molecule has 29 heavy (non-hydrogen) atoms. The van der Waals surface area contributed by atoms with Crippen molar-refractivity contribution in [2.75, 3.05) is 5.32 Å². The third-order valence-electron chi connectivity index (χ3n) is 4.50. The van der Waals surface area contributed by atoms with Crippen molar-refractivity contribution in [3.63, 3.8) is 0 Å². The zero-order valence-corrected chi connectivity index (χ0v) is 16.5. The van der Waals surface area contributed by atoms with E-state index in [1.165, 1.54) is 28.2 Å². The van der Waals surface area contributed by atoms with E-state index in [0.29, 0.717) is 11.7 Å². The van der Waals surface area contributed by atoms with Crippen molar-refractivity contribution in [3.8, 4) is 0 Å². The van der Waals surface area contributed by atoms with Gasteiger partial charge in [0.2, 0.25) is 5.91 Å². The van der Waals surface area contributed by atoms with E-state index in [0.717, 1.165) is 25.9 Å². The molecule has 7 nitrogen and oxygen atoms in total. The van der Waals surface area contributed by atoms with Crippen LogP contribution in [0.25, 0.3) is 10.2 Å². The third-order valence-corrected chi connectivity index (χ3v) is 5.44. The smallest absolute Gasteiger partial charge is 0.300 e. The van der Waals surface area contributed by atoms with E-state index >= 15 is 0 Å². The summed E-state index contributed by atoms with van der Waals surface area (Å²) in [5, 5.41) is 3.13. The quantitative estimate of drug-likeness (QED) is 0.552. The lowest BCUT2D eigenvalue weighted by molar-refractivity contribution is -0.116. The standard InChI is InChI=1S/C21H18N4O3S/c1-14-6-5-9-16-19(14)23-20(29-16)22-17(26)13-25-18(27)10-11-24(21(25)28)12-15-7-3-2-4-8-15/h2-11H,12-13H2,1H3,(H,22,23,26). The van der Waals surface area contributed by atoms with Crippen LogP contribution in [0.15, 0.2) is 70.4 Å². The SMILES string of the molecule is Cc1cccc2sc(NC(=O)Cn3c(=O)ccn(Cc4ccccc4)c3=O)nc12. The van der Waals surface area contributed by atoms with E-state index < -0.39 is 17.2 Å². The number of carbonyl (C=O) groups is 1. The molecule has 0 radical (unpaired) electrons. The Morgan fingerprint density at radius 1 is 1.07 bits per heavy atom. The van der Waals surface area contributed by atoms with Crippen LogP contribution in [-0.4, -0.2) is 20.0 Å². The first-order valence-corrected chi connectivity index (χ1v) is 9.83. The Hall–Kier alpha value is -3.52. The Labute approximate surface area is 169 Å². The number of nitrogens with zero attached hydrogens (tertiary/aromatic N) is 3. The van der Waals surface area contributed by atoms with Crippen molar-refractivity contribution in [2.45, 2.75) is 20.0 Å². The van der Waals surface area contributed by atoms with Gasteiger partial charge in [0.25, 0.3) is 5.56 Å². The van der Waals surface area contributed by atoms with Gasteiger partial charge in [0, 0.05) is 12.3 Å². The van der Waals surface area contributed by atoms with Gasteiger partial charge in [-0.1, -0.05) is 53.8 Å². The van der Waals surface area contributed by atoms with Crippen molar-refractivity contribution in [1.82, 2.24) is 14.1 Å². The molecule has 2 aromatic carbocycles. The van der Waals surface area contributed by atoms with Gasteiger partial charge in [0.05, 0.1) is 16.8 Å². The molecule has 0 bridgehead atoms. The van der Waals surface area contributed by atoms with Gasteiger partial charge in [-0.3, -0.25) is 18.7 Å². The van der Waals surface area contributed by atoms with Crippen molar-refractivity contribution in [1.29, 1.82) is 0 Å². The van der Waals surface area contributed by atoms with Gasteiger partial charge in [-0.25, -0.2) is 9.78 Å². The molecule has 0 saturated carbocycles. The number of carbonyl (C=O) groups excluding carboxylic acids is 1. The summed E-state index contributed by atoms with van der Waals surface area (Å²) in [6.45, 7) is 1.90. The number of anilines is 1. The lowest BCUT2D eigenvalue weighted by atomic mass is 10.2. The first-order chi connectivity index (χ1) is 14.0. The second-order valence-corrected chi connectivity index (χ2v) is 7.66. The van der Waals surface area contributed by atoms with Crippen LogP contribution in [0, 0.1) is 6.92 Å². The van der Waals surface area contributed by atoms with Crippen LogP contribution in [0.2, 0.25) is 0 Å². The summed E-state index contributed by atoms with van der Waals surface area (Å²) >= 11 is 1.35. The molecule has 0 aliphatic heterocycles. The lowest BCUT2D eigenvalue weighted by Crippen LogP contribution is -2.41. The second-order valence-electron chi connectivity index (χ2n) is 6.63. The maximum absolute atomic E-state index is 12.7. The molecular formula is C21H18N4O3S. The van der Waals surface area contributed by atoms with Crippen molar-refractivity contribution in [2.24, 2.45) is 0 Å². The van der Waals surface area contributed by atoms with Crippen molar-refractivity contribution < 1.29 is 4.79 Å². The molecule has 4 rings (SSSR count). The third kappa shape index (κ3) is 4.02. The minimum Gasteiger partial charge on any atom is -0.300 e. The van der Waals surface area contributed by atoms with Crippen LogP contribution in [0.4, 0.5) is 5.13 Å². The summed E-state index contributed by atoms with van der Waals surface area (Å²) in [4.78, 5) is 41.8. The summed E-state index contributed by atoms with van der Waals surface area (Å²) in [6, 6.07) is 16.5. The van der Waals surface area contributed by atoms with Crippen LogP contribution in [-0.2, 0) is 17.9 Å². The number of para-hydroxylation sites is 1. The molecule has 146 valence electrons. The van der Waals surface area contributed by atoms with E-state index in [9.17, 15) is 14.4 Å². The number of benzene rings is 2. The van der Waals surface area contributed by atoms with Gasteiger partial charge in [-0.05, 0) is 24.1 Å². The van der Waals surface area contributed by atoms with Gasteiger partial charge in [0.15, 0.2) is 5.13 Å². The van der Waals surface area contributed by atoms with Crippen LogP contribution in [0.5, 0.6) is 0 Å². The molecule has 1 N–H and O–H groups in total.